The number of fused-ring (bicyclic) bond motifs is 1. The molecule has 0 amide bonds. The van der Waals surface area contributed by atoms with Gasteiger partial charge in [0.05, 0.1) is 18.6 Å². The molecular weight excluding hydrogens is 257 g/mol. The van der Waals surface area contributed by atoms with Crippen molar-refractivity contribution in [3.8, 4) is 5.75 Å². The number of aryl methyl sites for hydroxylation is 1. The monoisotopic (exact) mass is 269 g/mol. The van der Waals surface area contributed by atoms with E-state index in [2.05, 4.69) is 4.98 Å². The van der Waals surface area contributed by atoms with Gasteiger partial charge in [0.1, 0.15) is 5.75 Å². The van der Waals surface area contributed by atoms with Crippen LogP contribution in [-0.4, -0.2) is 23.8 Å². The summed E-state index contributed by atoms with van der Waals surface area (Å²) in [6.07, 6.45) is 0. The molecule has 2 rings (SSSR count). The minimum absolute atomic E-state index is 0. The Bertz CT molecular complexity index is 604. The summed E-state index contributed by atoms with van der Waals surface area (Å²) < 4.78 is 5.17. The zero-order valence-electron chi connectivity index (χ0n) is 11.1. The number of carbonyl (C=O) groups excluding carboxylic acids is 1. The van der Waals surface area contributed by atoms with E-state index < -0.39 is 5.97 Å². The Hall–Kier alpha value is -1.15. The molecular formula is C13H12LiNO3S. The van der Waals surface area contributed by atoms with Crippen LogP contribution in [0.4, 0.5) is 0 Å². The summed E-state index contributed by atoms with van der Waals surface area (Å²) in [5.41, 5.74) is 1.69. The zero-order chi connectivity index (χ0) is 13.1. The first-order valence-electron chi connectivity index (χ1n) is 5.38. The molecule has 0 aliphatic carbocycles. The molecule has 1 aromatic carbocycles. The summed E-state index contributed by atoms with van der Waals surface area (Å²) in [6, 6.07) is 7.43. The summed E-state index contributed by atoms with van der Waals surface area (Å²) in [7, 11) is 1.59. The van der Waals surface area contributed by atoms with Crippen LogP contribution < -0.4 is 28.7 Å². The van der Waals surface area contributed by atoms with Gasteiger partial charge in [-0.05, 0) is 31.2 Å². The van der Waals surface area contributed by atoms with Crippen molar-refractivity contribution in [1.29, 1.82) is 0 Å². The molecule has 0 unspecified atom stereocenters. The number of methoxy groups -OCH3 is 1. The molecule has 0 fully saturated rings. The summed E-state index contributed by atoms with van der Waals surface area (Å²) in [4.78, 5) is 15.8. The van der Waals surface area contributed by atoms with Gasteiger partial charge in [0.25, 0.3) is 0 Å². The van der Waals surface area contributed by atoms with E-state index in [4.69, 9.17) is 4.74 Å². The van der Waals surface area contributed by atoms with Crippen LogP contribution in [0.5, 0.6) is 5.75 Å². The fraction of sp³-hybridized carbons (Fsp3) is 0.231. The van der Waals surface area contributed by atoms with Crippen LogP contribution >= 0.6 is 11.8 Å². The van der Waals surface area contributed by atoms with Crippen molar-refractivity contribution in [2.45, 2.75) is 11.8 Å². The third-order valence-corrected chi connectivity index (χ3v) is 3.48. The van der Waals surface area contributed by atoms with Crippen molar-refractivity contribution in [2.75, 3.05) is 12.9 Å². The Morgan fingerprint density at radius 1 is 1.42 bits per heavy atom. The number of aromatic nitrogens is 1. The third-order valence-electron chi connectivity index (χ3n) is 2.45. The van der Waals surface area contributed by atoms with E-state index in [1.807, 2.05) is 31.2 Å². The number of aliphatic carboxylic acids is 1. The van der Waals surface area contributed by atoms with E-state index in [-0.39, 0.29) is 24.6 Å². The average Bonchev–Trinajstić information content (AvgIpc) is 2.35. The normalized spacial score (nSPS) is 10.0. The number of thioether (sulfide) groups is 1. The molecule has 0 bridgehead atoms. The van der Waals surface area contributed by atoms with Gasteiger partial charge in [-0.1, -0.05) is 0 Å². The van der Waals surface area contributed by atoms with Crippen LogP contribution in [0.15, 0.2) is 29.2 Å². The van der Waals surface area contributed by atoms with Crippen LogP contribution in [0.1, 0.15) is 5.69 Å². The number of carbonyl (C=O) groups is 1. The Morgan fingerprint density at radius 3 is 2.79 bits per heavy atom. The minimum atomic E-state index is -1.08. The number of hydrogen-bond donors (Lipinski definition) is 0. The molecule has 0 aliphatic heterocycles. The van der Waals surface area contributed by atoms with Crippen molar-refractivity contribution < 1.29 is 33.5 Å². The molecule has 0 radical (unpaired) electrons. The summed E-state index contributed by atoms with van der Waals surface area (Å²) in [5.74, 6) is -0.426. The number of carboxylic acids is 1. The first-order valence-corrected chi connectivity index (χ1v) is 6.37. The van der Waals surface area contributed by atoms with Gasteiger partial charge in [-0.2, -0.15) is 0 Å². The van der Waals surface area contributed by atoms with E-state index in [1.165, 1.54) is 11.8 Å². The number of ether oxygens (including phenoxy) is 1. The Kier molecular flexibility index (Phi) is 5.74. The maximum Gasteiger partial charge on any atom is 1.00 e. The van der Waals surface area contributed by atoms with E-state index >= 15 is 0 Å². The first kappa shape index (κ1) is 15.9. The van der Waals surface area contributed by atoms with Gasteiger partial charge in [0.2, 0.25) is 0 Å². The average molecular weight is 269 g/mol. The van der Waals surface area contributed by atoms with Crippen LogP contribution in [0.3, 0.4) is 0 Å². The summed E-state index contributed by atoms with van der Waals surface area (Å²) in [5, 5.41) is 11.4. The van der Waals surface area contributed by atoms with Crippen LogP contribution in [0, 0.1) is 6.92 Å². The third kappa shape index (κ3) is 3.90. The molecule has 6 heteroatoms. The van der Waals surface area contributed by atoms with Gasteiger partial charge >= 0.3 is 18.9 Å². The fourth-order valence-electron chi connectivity index (χ4n) is 1.68. The second-order valence-corrected chi connectivity index (χ2v) is 4.82. The van der Waals surface area contributed by atoms with E-state index in [0.717, 1.165) is 27.2 Å². The predicted molar refractivity (Wildman–Crippen MR) is 68.8 cm³/mol. The zero-order valence-corrected chi connectivity index (χ0v) is 11.9. The van der Waals surface area contributed by atoms with Crippen molar-refractivity contribution in [3.63, 3.8) is 0 Å². The van der Waals surface area contributed by atoms with E-state index in [0.29, 0.717) is 0 Å². The topological polar surface area (TPSA) is 62.2 Å². The number of benzene rings is 1. The molecule has 1 heterocycles. The van der Waals surface area contributed by atoms with Gasteiger partial charge in [0.15, 0.2) is 0 Å². The largest absolute Gasteiger partial charge is 1.00 e. The molecule has 1 aromatic heterocycles. The number of carboxylic acid groups (broad SMARTS) is 1. The van der Waals surface area contributed by atoms with Gasteiger partial charge in [-0.15, -0.1) is 11.8 Å². The van der Waals surface area contributed by atoms with Gasteiger partial charge in [0, 0.05) is 21.7 Å². The smallest absolute Gasteiger partial charge is 0.549 e. The minimum Gasteiger partial charge on any atom is -0.549 e. The molecule has 4 nitrogen and oxygen atoms in total. The molecule has 0 spiro atoms. The van der Waals surface area contributed by atoms with Gasteiger partial charge in [-0.3, -0.25) is 4.98 Å². The molecule has 2 aromatic rings. The number of nitrogens with zero attached hydrogens (tertiary/aromatic N) is 1. The Balaban J connectivity index is 0.00000180. The quantitative estimate of drug-likeness (QED) is 0.494. The molecule has 0 N–H and O–H groups in total. The van der Waals surface area contributed by atoms with E-state index in [1.54, 1.807) is 7.11 Å². The summed E-state index contributed by atoms with van der Waals surface area (Å²) >= 11 is 1.23. The number of hydrogen-bond acceptors (Lipinski definition) is 5. The molecule has 94 valence electrons. The van der Waals surface area contributed by atoms with Gasteiger partial charge in [-0.25, -0.2) is 0 Å². The van der Waals surface area contributed by atoms with Crippen LogP contribution in [0.25, 0.3) is 10.9 Å². The number of pyridine rings is 1. The second-order valence-electron chi connectivity index (χ2n) is 3.81. The number of rotatable bonds is 4. The predicted octanol–water partition coefficient (Wildman–Crippen LogP) is -1.60. The van der Waals surface area contributed by atoms with E-state index in [9.17, 15) is 9.90 Å². The first-order chi connectivity index (χ1) is 8.60. The molecule has 0 atom stereocenters. The maximum absolute atomic E-state index is 10.5. The summed E-state index contributed by atoms with van der Waals surface area (Å²) in [6.45, 7) is 1.88. The maximum atomic E-state index is 10.5. The Morgan fingerprint density at radius 2 is 2.16 bits per heavy atom. The van der Waals surface area contributed by atoms with Crippen molar-refractivity contribution in [3.05, 3.63) is 30.0 Å². The second kappa shape index (κ2) is 6.85. The fourth-order valence-corrected chi connectivity index (χ4v) is 2.53. The SMILES string of the molecule is COc1ccc2nc(C)cc(SCC(=O)[O-])c2c1.[Li+]. The van der Waals surface area contributed by atoms with Crippen LogP contribution in [-0.2, 0) is 4.79 Å². The van der Waals surface area contributed by atoms with Crippen molar-refractivity contribution in [2.24, 2.45) is 0 Å². The molecule has 0 saturated heterocycles. The molecule has 19 heavy (non-hydrogen) atoms. The molecule has 0 saturated carbocycles. The van der Waals surface area contributed by atoms with Crippen LogP contribution in [0.2, 0.25) is 0 Å². The van der Waals surface area contributed by atoms with Crippen molar-refractivity contribution in [1.82, 2.24) is 4.98 Å². The Labute approximate surface area is 127 Å². The van der Waals surface area contributed by atoms with Crippen molar-refractivity contribution >= 4 is 28.6 Å². The molecule has 0 aliphatic rings. The van der Waals surface area contributed by atoms with Gasteiger partial charge < -0.3 is 14.6 Å². The standard InChI is InChI=1S/C13H13NO3S.Li/c1-8-5-12(18-7-13(15)16)10-6-9(17-2)3-4-11(10)14-8;/h3-6H,7H2,1-2H3,(H,15,16);/q;+1/p-1.